The number of benzene rings is 1. The number of rotatable bonds is 6. The molecule has 2 fully saturated rings. The summed E-state index contributed by atoms with van der Waals surface area (Å²) in [6, 6.07) is 8.79. The predicted octanol–water partition coefficient (Wildman–Crippen LogP) is 4.95. The summed E-state index contributed by atoms with van der Waals surface area (Å²) in [5.74, 6) is -1.28. The van der Waals surface area contributed by atoms with E-state index in [4.69, 9.17) is 0 Å². The molecule has 1 aromatic carbocycles. The van der Waals surface area contributed by atoms with E-state index in [9.17, 15) is 23.1 Å². The number of nitrogens with one attached hydrogen (secondary N) is 2. The molecule has 0 unspecified atom stereocenters. The summed E-state index contributed by atoms with van der Waals surface area (Å²) < 4.78 is 39.0. The molecular formula is C23H22F3N5O2S. The SMILES string of the molecule is O=C(O)c1cc(C(F)(F)F)cnc1Nc1nc(-c2ccc(N3CCNCC3)cc2)c(C2CC2)s1. The molecule has 1 aliphatic carbocycles. The third-order valence-corrected chi connectivity index (χ3v) is 7.03. The van der Waals surface area contributed by atoms with Crippen LogP contribution in [-0.2, 0) is 6.18 Å². The van der Waals surface area contributed by atoms with Crippen LogP contribution in [0.15, 0.2) is 36.5 Å². The molecule has 3 heterocycles. The summed E-state index contributed by atoms with van der Waals surface area (Å²) in [5.41, 5.74) is 1.24. The quantitative estimate of drug-likeness (QED) is 0.451. The smallest absolute Gasteiger partial charge is 0.417 e. The zero-order valence-electron chi connectivity index (χ0n) is 18.0. The van der Waals surface area contributed by atoms with Crippen molar-refractivity contribution in [3.8, 4) is 11.3 Å². The topological polar surface area (TPSA) is 90.4 Å². The molecular weight excluding hydrogens is 467 g/mol. The number of carboxylic acid groups (broad SMARTS) is 1. The lowest BCUT2D eigenvalue weighted by molar-refractivity contribution is -0.137. The number of piperazine rings is 1. The maximum atomic E-state index is 13.0. The number of alkyl halides is 3. The largest absolute Gasteiger partial charge is 0.478 e. The van der Waals surface area contributed by atoms with Crippen molar-refractivity contribution in [2.24, 2.45) is 0 Å². The Bertz CT molecular complexity index is 1200. The molecule has 178 valence electrons. The van der Waals surface area contributed by atoms with E-state index >= 15 is 0 Å². The Morgan fingerprint density at radius 2 is 1.88 bits per heavy atom. The standard InChI is InChI=1S/C23H22F3N5O2S/c24-23(25,26)15-11-17(21(32)33)20(28-12-15)30-22-29-18(19(34-22)14-1-2-14)13-3-5-16(6-4-13)31-9-7-27-8-10-31/h3-6,11-12,14,27H,1-2,7-10H2,(H,32,33)(H,28,29,30). The molecule has 1 saturated carbocycles. The summed E-state index contributed by atoms with van der Waals surface area (Å²) in [6.45, 7) is 3.79. The average molecular weight is 490 g/mol. The molecule has 7 nitrogen and oxygen atoms in total. The highest BCUT2D eigenvalue weighted by atomic mass is 32.1. The van der Waals surface area contributed by atoms with Gasteiger partial charge in [-0.05, 0) is 37.0 Å². The molecule has 3 aromatic rings. The minimum atomic E-state index is -4.68. The molecule has 11 heteroatoms. The van der Waals surface area contributed by atoms with Crippen molar-refractivity contribution in [2.45, 2.75) is 24.9 Å². The van der Waals surface area contributed by atoms with Crippen molar-refractivity contribution < 1.29 is 23.1 Å². The Kier molecular flexibility index (Phi) is 5.90. The number of pyridine rings is 1. The predicted molar refractivity (Wildman–Crippen MR) is 124 cm³/mol. The third kappa shape index (κ3) is 4.71. The van der Waals surface area contributed by atoms with Crippen LogP contribution in [0, 0.1) is 0 Å². The average Bonchev–Trinajstić information content (AvgIpc) is 3.59. The van der Waals surface area contributed by atoms with E-state index in [0.29, 0.717) is 23.3 Å². The van der Waals surface area contributed by atoms with Gasteiger partial charge in [0, 0.05) is 48.5 Å². The van der Waals surface area contributed by atoms with Gasteiger partial charge in [-0.2, -0.15) is 13.2 Å². The maximum absolute atomic E-state index is 13.0. The van der Waals surface area contributed by atoms with Gasteiger partial charge in [-0.3, -0.25) is 0 Å². The highest BCUT2D eigenvalue weighted by Crippen LogP contribution is 2.48. The van der Waals surface area contributed by atoms with Gasteiger partial charge in [0.05, 0.1) is 11.3 Å². The van der Waals surface area contributed by atoms with E-state index in [-0.39, 0.29) is 5.82 Å². The summed E-state index contributed by atoms with van der Waals surface area (Å²) in [5, 5.41) is 16.0. The van der Waals surface area contributed by atoms with E-state index in [1.165, 1.54) is 11.3 Å². The minimum Gasteiger partial charge on any atom is -0.478 e. The van der Waals surface area contributed by atoms with Crippen molar-refractivity contribution in [3.63, 3.8) is 0 Å². The summed E-state index contributed by atoms with van der Waals surface area (Å²) in [7, 11) is 0. The Labute approximate surface area is 197 Å². The number of thiazole rings is 1. The second kappa shape index (κ2) is 8.88. The van der Waals surface area contributed by atoms with Gasteiger partial charge in [0.2, 0.25) is 0 Å². The fraction of sp³-hybridized carbons (Fsp3) is 0.348. The first-order chi connectivity index (χ1) is 16.3. The van der Waals surface area contributed by atoms with E-state index in [0.717, 1.165) is 60.8 Å². The highest BCUT2D eigenvalue weighted by Gasteiger charge is 2.33. The van der Waals surface area contributed by atoms with Gasteiger partial charge in [-0.1, -0.05) is 12.1 Å². The number of aromatic carboxylic acids is 1. The lowest BCUT2D eigenvalue weighted by Gasteiger charge is -2.29. The zero-order valence-corrected chi connectivity index (χ0v) is 18.8. The Balaban J connectivity index is 1.43. The van der Waals surface area contributed by atoms with Gasteiger partial charge in [0.1, 0.15) is 11.4 Å². The second-order valence-corrected chi connectivity index (χ2v) is 9.37. The van der Waals surface area contributed by atoms with Crippen LogP contribution in [0.1, 0.15) is 39.6 Å². The van der Waals surface area contributed by atoms with E-state index < -0.39 is 23.3 Å². The Morgan fingerprint density at radius 3 is 2.50 bits per heavy atom. The molecule has 1 aliphatic heterocycles. The maximum Gasteiger partial charge on any atom is 0.417 e. The van der Waals surface area contributed by atoms with Gasteiger partial charge < -0.3 is 20.6 Å². The first-order valence-corrected chi connectivity index (χ1v) is 11.8. The minimum absolute atomic E-state index is 0.169. The van der Waals surface area contributed by atoms with Gasteiger partial charge in [-0.25, -0.2) is 14.8 Å². The van der Waals surface area contributed by atoms with Crippen molar-refractivity contribution in [1.82, 2.24) is 15.3 Å². The highest BCUT2D eigenvalue weighted by molar-refractivity contribution is 7.16. The van der Waals surface area contributed by atoms with Crippen LogP contribution in [0.2, 0.25) is 0 Å². The van der Waals surface area contributed by atoms with Crippen LogP contribution in [0.3, 0.4) is 0 Å². The Hall–Kier alpha value is -3.18. The molecule has 0 spiro atoms. The summed E-state index contributed by atoms with van der Waals surface area (Å²) >= 11 is 1.39. The van der Waals surface area contributed by atoms with Crippen molar-refractivity contribution in [3.05, 3.63) is 52.5 Å². The van der Waals surface area contributed by atoms with Crippen LogP contribution in [-0.4, -0.2) is 47.2 Å². The number of carbonyl (C=O) groups is 1. The normalized spacial score (nSPS) is 16.5. The number of carboxylic acids is 1. The molecule has 5 rings (SSSR count). The van der Waals surface area contributed by atoms with Crippen LogP contribution >= 0.6 is 11.3 Å². The molecule has 0 radical (unpaired) electrons. The van der Waals surface area contributed by atoms with Crippen LogP contribution in [0.4, 0.5) is 29.8 Å². The van der Waals surface area contributed by atoms with Crippen LogP contribution < -0.4 is 15.5 Å². The number of nitrogens with zero attached hydrogens (tertiary/aromatic N) is 3. The lowest BCUT2D eigenvalue weighted by atomic mass is 10.1. The zero-order chi connectivity index (χ0) is 23.9. The van der Waals surface area contributed by atoms with Crippen molar-refractivity contribution in [2.75, 3.05) is 36.4 Å². The van der Waals surface area contributed by atoms with Gasteiger partial charge in [0.25, 0.3) is 0 Å². The van der Waals surface area contributed by atoms with Crippen molar-refractivity contribution in [1.29, 1.82) is 0 Å². The van der Waals surface area contributed by atoms with E-state index in [1.807, 2.05) is 12.1 Å². The van der Waals surface area contributed by atoms with Gasteiger partial charge in [-0.15, -0.1) is 11.3 Å². The fourth-order valence-corrected chi connectivity index (χ4v) is 5.11. The molecule has 3 N–H and O–H groups in total. The molecule has 2 aromatic heterocycles. The van der Waals surface area contributed by atoms with E-state index in [2.05, 4.69) is 37.6 Å². The molecule has 0 bridgehead atoms. The monoisotopic (exact) mass is 489 g/mol. The first-order valence-electron chi connectivity index (χ1n) is 10.9. The van der Waals surface area contributed by atoms with Gasteiger partial charge >= 0.3 is 12.1 Å². The number of hydrogen-bond acceptors (Lipinski definition) is 7. The fourth-order valence-electron chi connectivity index (χ4n) is 3.95. The number of halogens is 3. The number of aromatic nitrogens is 2. The van der Waals surface area contributed by atoms with Crippen molar-refractivity contribution >= 4 is 33.9 Å². The molecule has 0 amide bonds. The lowest BCUT2D eigenvalue weighted by Crippen LogP contribution is -2.43. The van der Waals surface area contributed by atoms with Gasteiger partial charge in [0.15, 0.2) is 5.13 Å². The second-order valence-electron chi connectivity index (χ2n) is 8.34. The third-order valence-electron chi connectivity index (χ3n) is 5.90. The molecule has 1 saturated heterocycles. The summed E-state index contributed by atoms with van der Waals surface area (Å²) in [4.78, 5) is 23.4. The number of hydrogen-bond donors (Lipinski definition) is 3. The molecule has 2 aliphatic rings. The van der Waals surface area contributed by atoms with Crippen LogP contribution in [0.25, 0.3) is 11.3 Å². The molecule has 34 heavy (non-hydrogen) atoms. The summed E-state index contributed by atoms with van der Waals surface area (Å²) in [6.07, 6.45) is -1.96. The Morgan fingerprint density at radius 1 is 1.18 bits per heavy atom. The number of anilines is 3. The molecule has 0 atom stereocenters. The van der Waals surface area contributed by atoms with E-state index in [1.54, 1.807) is 0 Å². The van der Waals surface area contributed by atoms with Crippen LogP contribution in [0.5, 0.6) is 0 Å². The first kappa shape index (κ1) is 22.6.